The lowest BCUT2D eigenvalue weighted by Crippen LogP contribution is -1.84. The molecule has 0 saturated carbocycles. The minimum atomic E-state index is 0.649. The van der Waals surface area contributed by atoms with Crippen LogP contribution >= 0.6 is 22.9 Å². The second kappa shape index (κ2) is 3.75. The lowest BCUT2D eigenvalue weighted by molar-refractivity contribution is 1.34. The molecule has 0 amide bonds. The van der Waals surface area contributed by atoms with Crippen molar-refractivity contribution in [3.8, 4) is 11.4 Å². The summed E-state index contributed by atoms with van der Waals surface area (Å²) < 4.78 is 0. The first-order valence-corrected chi connectivity index (χ1v) is 6.35. The van der Waals surface area contributed by atoms with Gasteiger partial charge in [-0.2, -0.15) is 0 Å². The van der Waals surface area contributed by atoms with Gasteiger partial charge in [-0.25, -0.2) is 4.98 Å². The van der Waals surface area contributed by atoms with Gasteiger partial charge in [-0.05, 0) is 25.1 Å². The van der Waals surface area contributed by atoms with E-state index in [4.69, 9.17) is 17.3 Å². The van der Waals surface area contributed by atoms with E-state index >= 15 is 0 Å². The third kappa shape index (κ3) is 1.69. The normalized spacial score (nSPS) is 11.2. The lowest BCUT2D eigenvalue weighted by Gasteiger charge is -1.92. The zero-order chi connectivity index (χ0) is 12.0. The van der Waals surface area contributed by atoms with Gasteiger partial charge in [0.25, 0.3) is 0 Å². The number of hydrogen-bond donors (Lipinski definition) is 2. The summed E-state index contributed by atoms with van der Waals surface area (Å²) in [4.78, 5) is 8.90. The quantitative estimate of drug-likeness (QED) is 0.701. The average Bonchev–Trinajstić information content (AvgIpc) is 2.82. The van der Waals surface area contributed by atoms with Crippen LogP contribution in [-0.2, 0) is 0 Å². The summed E-state index contributed by atoms with van der Waals surface area (Å²) >= 11 is 7.65. The molecule has 0 unspecified atom stereocenters. The van der Waals surface area contributed by atoms with E-state index in [1.807, 2.05) is 31.2 Å². The molecule has 3 nitrogen and oxygen atoms in total. The van der Waals surface area contributed by atoms with Gasteiger partial charge in [-0.1, -0.05) is 17.7 Å². The summed E-state index contributed by atoms with van der Waals surface area (Å²) in [5, 5.41) is 1.42. The van der Waals surface area contributed by atoms with Crippen LogP contribution in [0.4, 0.5) is 5.00 Å². The van der Waals surface area contributed by atoms with Crippen LogP contribution in [0.15, 0.2) is 24.3 Å². The number of imidazole rings is 1. The van der Waals surface area contributed by atoms with E-state index in [0.717, 1.165) is 27.4 Å². The number of fused-ring (bicyclic) bond motifs is 1. The van der Waals surface area contributed by atoms with Gasteiger partial charge in [0.1, 0.15) is 11.3 Å². The van der Waals surface area contributed by atoms with E-state index in [9.17, 15) is 0 Å². The standard InChI is InChI=1S/C12H10ClN3S/c1-6-5-7(11(14)17-6)12-15-9-4-2-3-8(13)10(9)16-12/h2-5H,14H2,1H3,(H,15,16). The van der Waals surface area contributed by atoms with E-state index in [0.29, 0.717) is 5.02 Å². The van der Waals surface area contributed by atoms with Crippen molar-refractivity contribution >= 4 is 39.0 Å². The van der Waals surface area contributed by atoms with Crippen molar-refractivity contribution in [1.82, 2.24) is 9.97 Å². The summed E-state index contributed by atoms with van der Waals surface area (Å²) in [6, 6.07) is 7.71. The van der Waals surface area contributed by atoms with Gasteiger partial charge in [-0.3, -0.25) is 0 Å². The molecule has 0 aliphatic rings. The van der Waals surface area contributed by atoms with Crippen LogP contribution in [0.3, 0.4) is 0 Å². The SMILES string of the molecule is Cc1cc(-c2nc3c(Cl)cccc3[nH]2)c(N)s1. The first kappa shape index (κ1) is 10.6. The Morgan fingerprint density at radius 3 is 2.88 bits per heavy atom. The van der Waals surface area contributed by atoms with E-state index in [1.165, 1.54) is 4.88 Å². The fourth-order valence-electron chi connectivity index (χ4n) is 1.84. The Kier molecular flexibility index (Phi) is 2.34. The van der Waals surface area contributed by atoms with Crippen molar-refractivity contribution in [3.05, 3.63) is 34.2 Å². The molecule has 2 heterocycles. The summed E-state index contributed by atoms with van der Waals surface area (Å²) in [6.45, 7) is 2.03. The van der Waals surface area contributed by atoms with Gasteiger partial charge < -0.3 is 10.7 Å². The number of anilines is 1. The van der Waals surface area contributed by atoms with Gasteiger partial charge in [-0.15, -0.1) is 11.3 Å². The number of hydrogen-bond acceptors (Lipinski definition) is 3. The number of benzene rings is 1. The molecule has 17 heavy (non-hydrogen) atoms. The third-order valence-corrected chi connectivity index (χ3v) is 3.79. The maximum atomic E-state index is 6.09. The van der Waals surface area contributed by atoms with E-state index in [1.54, 1.807) is 11.3 Å². The van der Waals surface area contributed by atoms with Crippen LogP contribution in [0.25, 0.3) is 22.4 Å². The molecule has 0 bridgehead atoms. The number of aromatic amines is 1. The Morgan fingerprint density at radius 1 is 1.41 bits per heavy atom. The first-order chi connectivity index (χ1) is 8.15. The molecule has 0 atom stereocenters. The van der Waals surface area contributed by atoms with E-state index in [2.05, 4.69) is 9.97 Å². The molecule has 3 rings (SSSR count). The molecular weight excluding hydrogens is 254 g/mol. The molecule has 2 aromatic heterocycles. The minimum Gasteiger partial charge on any atom is -0.390 e. The van der Waals surface area contributed by atoms with Crippen LogP contribution in [0.2, 0.25) is 5.02 Å². The minimum absolute atomic E-state index is 0.649. The lowest BCUT2D eigenvalue weighted by atomic mass is 10.3. The van der Waals surface area contributed by atoms with Gasteiger partial charge >= 0.3 is 0 Å². The number of nitrogens with two attached hydrogens (primary N) is 1. The Labute approximate surface area is 107 Å². The number of nitrogen functional groups attached to an aromatic ring is 1. The van der Waals surface area contributed by atoms with Crippen molar-refractivity contribution in [2.75, 3.05) is 5.73 Å². The van der Waals surface area contributed by atoms with Gasteiger partial charge in [0.05, 0.1) is 21.1 Å². The maximum Gasteiger partial charge on any atom is 0.141 e. The first-order valence-electron chi connectivity index (χ1n) is 5.15. The maximum absolute atomic E-state index is 6.09. The molecule has 1 aromatic carbocycles. The number of rotatable bonds is 1. The Hall–Kier alpha value is -1.52. The van der Waals surface area contributed by atoms with Gasteiger partial charge in [0.15, 0.2) is 0 Å². The highest BCUT2D eigenvalue weighted by Crippen LogP contribution is 2.33. The number of para-hydroxylation sites is 1. The molecule has 3 N–H and O–H groups in total. The second-order valence-electron chi connectivity index (χ2n) is 3.86. The monoisotopic (exact) mass is 263 g/mol. The molecule has 0 fully saturated rings. The van der Waals surface area contributed by atoms with Crippen molar-refractivity contribution in [2.45, 2.75) is 6.92 Å². The summed E-state index contributed by atoms with van der Waals surface area (Å²) in [6.07, 6.45) is 0. The molecule has 0 spiro atoms. The van der Waals surface area contributed by atoms with Crippen molar-refractivity contribution in [2.24, 2.45) is 0 Å². The Bertz CT molecular complexity index is 699. The van der Waals surface area contributed by atoms with Crippen LogP contribution < -0.4 is 5.73 Å². The highest BCUT2D eigenvalue weighted by molar-refractivity contribution is 7.16. The van der Waals surface area contributed by atoms with Crippen molar-refractivity contribution in [3.63, 3.8) is 0 Å². The molecule has 3 aromatic rings. The number of aryl methyl sites for hydroxylation is 1. The van der Waals surface area contributed by atoms with E-state index < -0.39 is 0 Å². The number of thiophene rings is 1. The smallest absolute Gasteiger partial charge is 0.141 e. The molecular formula is C12H10ClN3S. The average molecular weight is 264 g/mol. The van der Waals surface area contributed by atoms with Crippen LogP contribution in [-0.4, -0.2) is 9.97 Å². The van der Waals surface area contributed by atoms with Crippen molar-refractivity contribution in [1.29, 1.82) is 0 Å². The topological polar surface area (TPSA) is 54.7 Å². The predicted molar refractivity (Wildman–Crippen MR) is 73.6 cm³/mol. The summed E-state index contributed by atoms with van der Waals surface area (Å²) in [7, 11) is 0. The number of aromatic nitrogens is 2. The van der Waals surface area contributed by atoms with Crippen molar-refractivity contribution < 1.29 is 0 Å². The van der Waals surface area contributed by atoms with Crippen LogP contribution in [0.1, 0.15) is 4.88 Å². The molecule has 0 aliphatic heterocycles. The van der Waals surface area contributed by atoms with Gasteiger partial charge in [0.2, 0.25) is 0 Å². The second-order valence-corrected chi connectivity index (χ2v) is 5.55. The predicted octanol–water partition coefficient (Wildman–Crippen LogP) is 3.84. The Morgan fingerprint density at radius 2 is 2.24 bits per heavy atom. The number of nitrogens with one attached hydrogen (secondary N) is 1. The summed E-state index contributed by atoms with van der Waals surface area (Å²) in [5.41, 5.74) is 8.61. The zero-order valence-corrected chi connectivity index (χ0v) is 10.7. The fourth-order valence-corrected chi connectivity index (χ4v) is 2.85. The van der Waals surface area contributed by atoms with E-state index in [-0.39, 0.29) is 0 Å². The largest absolute Gasteiger partial charge is 0.390 e. The van der Waals surface area contributed by atoms with Crippen LogP contribution in [0, 0.1) is 6.92 Å². The highest BCUT2D eigenvalue weighted by atomic mass is 35.5. The number of H-pyrrole nitrogens is 1. The third-order valence-electron chi connectivity index (χ3n) is 2.60. The molecule has 5 heteroatoms. The Balaban J connectivity index is 2.25. The number of halogens is 1. The fraction of sp³-hybridized carbons (Fsp3) is 0.0833. The number of nitrogens with zero attached hydrogens (tertiary/aromatic N) is 1. The highest BCUT2D eigenvalue weighted by Gasteiger charge is 2.12. The van der Waals surface area contributed by atoms with Gasteiger partial charge in [0, 0.05) is 4.88 Å². The molecule has 86 valence electrons. The molecule has 0 saturated heterocycles. The molecule has 0 radical (unpaired) electrons. The zero-order valence-electron chi connectivity index (χ0n) is 9.12. The molecule has 0 aliphatic carbocycles. The summed E-state index contributed by atoms with van der Waals surface area (Å²) in [5.74, 6) is 0.773. The van der Waals surface area contributed by atoms with Crippen LogP contribution in [0.5, 0.6) is 0 Å².